The number of aliphatic carboxylic acids is 1. The lowest BCUT2D eigenvalue weighted by Crippen LogP contribution is -2.58. The van der Waals surface area contributed by atoms with Crippen LogP contribution in [0, 0.1) is 0 Å². The van der Waals surface area contributed by atoms with Crippen LogP contribution in [-0.2, 0) is 9.53 Å². The Bertz CT molecular complexity index is 407. The van der Waals surface area contributed by atoms with Gasteiger partial charge in [-0.2, -0.15) is 0 Å². The summed E-state index contributed by atoms with van der Waals surface area (Å²) in [6.45, 7) is 0. The largest absolute Gasteiger partial charge is 0.479 e. The number of ether oxygens (including phenoxy) is 1. The van der Waals surface area contributed by atoms with E-state index in [9.17, 15) is 9.90 Å². The summed E-state index contributed by atoms with van der Waals surface area (Å²) < 4.78 is 5.40. The lowest BCUT2D eigenvalue weighted by atomic mass is 9.78. The van der Waals surface area contributed by atoms with Crippen LogP contribution in [0.2, 0.25) is 0 Å². The van der Waals surface area contributed by atoms with Crippen molar-refractivity contribution in [3.63, 3.8) is 0 Å². The molecule has 2 rings (SSSR count). The fraction of sp³-hybridized carbons (Fsp3) is 0.500. The Kier molecular flexibility index (Phi) is 3.87. The van der Waals surface area contributed by atoms with Gasteiger partial charge in [-0.15, -0.1) is 0 Å². The van der Waals surface area contributed by atoms with Crippen molar-refractivity contribution >= 4 is 11.7 Å². The highest BCUT2D eigenvalue weighted by Crippen LogP contribution is 2.34. The molecule has 0 aliphatic heterocycles. The molecule has 0 saturated heterocycles. The van der Waals surface area contributed by atoms with E-state index in [1.807, 2.05) is 30.3 Å². The molecule has 0 aromatic heterocycles. The molecule has 1 aliphatic rings. The molecule has 0 spiro atoms. The number of nitrogens with one attached hydrogen (secondary N) is 1. The molecule has 0 radical (unpaired) electrons. The predicted octanol–water partition coefficient (Wildman–Crippen LogP) is 2.51. The number of anilines is 1. The second-order valence-corrected chi connectivity index (χ2v) is 4.74. The third-order valence-corrected chi connectivity index (χ3v) is 3.64. The van der Waals surface area contributed by atoms with E-state index < -0.39 is 11.5 Å². The summed E-state index contributed by atoms with van der Waals surface area (Å²) >= 11 is 0. The highest BCUT2D eigenvalue weighted by Gasteiger charge is 2.47. The van der Waals surface area contributed by atoms with Crippen molar-refractivity contribution in [2.75, 3.05) is 12.4 Å². The van der Waals surface area contributed by atoms with Crippen LogP contribution in [0.5, 0.6) is 0 Å². The van der Waals surface area contributed by atoms with E-state index in [1.54, 1.807) is 7.11 Å². The first-order valence-electron chi connectivity index (χ1n) is 6.28. The summed E-state index contributed by atoms with van der Waals surface area (Å²) in [5.41, 5.74) is -0.183. The zero-order valence-corrected chi connectivity index (χ0v) is 10.6. The van der Waals surface area contributed by atoms with Gasteiger partial charge in [-0.25, -0.2) is 4.79 Å². The van der Waals surface area contributed by atoms with Crippen molar-refractivity contribution in [1.82, 2.24) is 0 Å². The average molecular weight is 249 g/mol. The van der Waals surface area contributed by atoms with Crippen LogP contribution in [0.15, 0.2) is 30.3 Å². The van der Waals surface area contributed by atoms with E-state index in [4.69, 9.17) is 4.74 Å². The fourth-order valence-electron chi connectivity index (χ4n) is 2.68. The quantitative estimate of drug-likeness (QED) is 0.860. The van der Waals surface area contributed by atoms with Crippen LogP contribution in [-0.4, -0.2) is 29.8 Å². The van der Waals surface area contributed by atoms with Crippen LogP contribution in [0.25, 0.3) is 0 Å². The molecule has 0 heterocycles. The van der Waals surface area contributed by atoms with Crippen molar-refractivity contribution in [2.45, 2.75) is 37.3 Å². The van der Waals surface area contributed by atoms with Crippen molar-refractivity contribution in [2.24, 2.45) is 0 Å². The minimum Gasteiger partial charge on any atom is -0.479 e. The van der Waals surface area contributed by atoms with E-state index >= 15 is 0 Å². The van der Waals surface area contributed by atoms with Crippen molar-refractivity contribution < 1.29 is 14.6 Å². The minimum absolute atomic E-state index is 0.288. The normalized spacial score (nSPS) is 27.7. The lowest BCUT2D eigenvalue weighted by molar-refractivity contribution is -0.149. The Hall–Kier alpha value is -1.55. The van der Waals surface area contributed by atoms with Gasteiger partial charge in [0, 0.05) is 12.8 Å². The zero-order valence-electron chi connectivity index (χ0n) is 10.6. The average Bonchev–Trinajstić information content (AvgIpc) is 2.40. The van der Waals surface area contributed by atoms with Gasteiger partial charge >= 0.3 is 5.97 Å². The van der Waals surface area contributed by atoms with E-state index in [2.05, 4.69) is 5.32 Å². The van der Waals surface area contributed by atoms with E-state index in [1.165, 1.54) is 0 Å². The molecule has 2 atom stereocenters. The van der Waals surface area contributed by atoms with Crippen LogP contribution < -0.4 is 5.32 Å². The number of hydrogen-bond acceptors (Lipinski definition) is 3. The molecule has 1 aliphatic carbocycles. The highest BCUT2D eigenvalue weighted by atomic mass is 16.5. The Morgan fingerprint density at radius 3 is 2.72 bits per heavy atom. The van der Waals surface area contributed by atoms with E-state index in [0.29, 0.717) is 6.42 Å². The first-order valence-corrected chi connectivity index (χ1v) is 6.28. The maximum Gasteiger partial charge on any atom is 0.332 e. The maximum atomic E-state index is 11.7. The molecule has 98 valence electrons. The molecule has 4 heteroatoms. The Labute approximate surface area is 107 Å². The molecule has 1 aromatic carbocycles. The van der Waals surface area contributed by atoms with Gasteiger partial charge in [0.2, 0.25) is 0 Å². The molecular weight excluding hydrogens is 230 g/mol. The van der Waals surface area contributed by atoms with Crippen molar-refractivity contribution in [3.8, 4) is 0 Å². The summed E-state index contributed by atoms with van der Waals surface area (Å²) in [5.74, 6) is -0.835. The Morgan fingerprint density at radius 1 is 1.39 bits per heavy atom. The first kappa shape index (κ1) is 12.9. The first-order chi connectivity index (χ1) is 8.69. The summed E-state index contributed by atoms with van der Waals surface area (Å²) in [4.78, 5) is 11.7. The number of carboxylic acids is 1. The van der Waals surface area contributed by atoms with Crippen LogP contribution in [0.1, 0.15) is 25.7 Å². The maximum absolute atomic E-state index is 11.7. The smallest absolute Gasteiger partial charge is 0.332 e. The van der Waals surface area contributed by atoms with Gasteiger partial charge in [0.15, 0.2) is 5.54 Å². The molecule has 2 unspecified atom stereocenters. The molecular formula is C14H19NO3. The monoisotopic (exact) mass is 249 g/mol. The Balaban J connectivity index is 2.28. The molecule has 0 bridgehead atoms. The number of rotatable bonds is 4. The van der Waals surface area contributed by atoms with E-state index in [-0.39, 0.29) is 6.10 Å². The van der Waals surface area contributed by atoms with Crippen LogP contribution in [0.3, 0.4) is 0 Å². The van der Waals surface area contributed by atoms with Crippen LogP contribution in [0.4, 0.5) is 5.69 Å². The van der Waals surface area contributed by atoms with E-state index in [0.717, 1.165) is 24.9 Å². The van der Waals surface area contributed by atoms with Gasteiger partial charge in [0.25, 0.3) is 0 Å². The van der Waals surface area contributed by atoms with Crippen LogP contribution >= 0.6 is 0 Å². The second-order valence-electron chi connectivity index (χ2n) is 4.74. The number of benzene rings is 1. The van der Waals surface area contributed by atoms with Gasteiger partial charge in [0.1, 0.15) is 0 Å². The van der Waals surface area contributed by atoms with Crippen molar-refractivity contribution in [1.29, 1.82) is 0 Å². The molecule has 0 amide bonds. The number of carboxylic acid groups (broad SMARTS) is 1. The highest BCUT2D eigenvalue weighted by molar-refractivity contribution is 5.84. The molecule has 1 fully saturated rings. The van der Waals surface area contributed by atoms with Gasteiger partial charge in [0.05, 0.1) is 6.10 Å². The van der Waals surface area contributed by atoms with Gasteiger partial charge < -0.3 is 15.2 Å². The second kappa shape index (κ2) is 5.40. The summed E-state index contributed by atoms with van der Waals surface area (Å²) in [6.07, 6.45) is 3.01. The number of hydrogen-bond donors (Lipinski definition) is 2. The predicted molar refractivity (Wildman–Crippen MR) is 69.7 cm³/mol. The number of carbonyl (C=O) groups is 1. The summed E-state index contributed by atoms with van der Waals surface area (Å²) in [5, 5.41) is 12.8. The van der Waals surface area contributed by atoms with Gasteiger partial charge in [-0.1, -0.05) is 31.0 Å². The number of para-hydroxylation sites is 1. The summed E-state index contributed by atoms with van der Waals surface area (Å²) in [6, 6.07) is 9.45. The van der Waals surface area contributed by atoms with Gasteiger partial charge in [-0.05, 0) is 25.0 Å². The minimum atomic E-state index is -1.01. The third kappa shape index (κ3) is 2.34. The molecule has 1 aromatic rings. The van der Waals surface area contributed by atoms with Crippen molar-refractivity contribution in [3.05, 3.63) is 30.3 Å². The Morgan fingerprint density at radius 2 is 2.11 bits per heavy atom. The molecule has 1 saturated carbocycles. The fourth-order valence-corrected chi connectivity index (χ4v) is 2.68. The van der Waals surface area contributed by atoms with Gasteiger partial charge in [-0.3, -0.25) is 0 Å². The standard InChI is InChI=1S/C14H19NO3/c1-18-12-9-5-6-10-14(12,13(16)17)15-11-7-3-2-4-8-11/h2-4,7-8,12,15H,5-6,9-10H2,1H3,(H,16,17). The summed E-state index contributed by atoms with van der Waals surface area (Å²) in [7, 11) is 1.58. The lowest BCUT2D eigenvalue weighted by Gasteiger charge is -2.41. The SMILES string of the molecule is COC1CCCCC1(Nc1ccccc1)C(=O)O. The topological polar surface area (TPSA) is 58.6 Å². The number of methoxy groups -OCH3 is 1. The third-order valence-electron chi connectivity index (χ3n) is 3.64. The molecule has 2 N–H and O–H groups in total. The molecule has 4 nitrogen and oxygen atoms in total. The molecule has 18 heavy (non-hydrogen) atoms. The zero-order chi connectivity index (χ0) is 13.0.